The van der Waals surface area contributed by atoms with Crippen molar-refractivity contribution in [3.8, 4) is 0 Å². The van der Waals surface area contributed by atoms with Crippen LogP contribution in [0.3, 0.4) is 0 Å². The third-order valence-corrected chi connectivity index (χ3v) is 3.71. The van der Waals surface area contributed by atoms with E-state index in [-0.39, 0.29) is 24.3 Å². The van der Waals surface area contributed by atoms with Gasteiger partial charge in [0.05, 0.1) is 4.90 Å². The Bertz CT molecular complexity index is 457. The minimum absolute atomic E-state index is 0.00725. The Morgan fingerprint density at radius 3 is 2.22 bits per heavy atom. The van der Waals surface area contributed by atoms with Crippen LogP contribution in [-0.4, -0.2) is 21.1 Å². The first-order valence-electron chi connectivity index (χ1n) is 5.43. The topological polar surface area (TPSA) is 46.2 Å². The van der Waals surface area contributed by atoms with E-state index >= 15 is 0 Å². The summed E-state index contributed by atoms with van der Waals surface area (Å²) in [4.78, 5) is 0.112. The first kappa shape index (κ1) is 15.0. The van der Waals surface area contributed by atoms with Gasteiger partial charge in [-0.15, -0.1) is 0 Å². The van der Waals surface area contributed by atoms with Gasteiger partial charge in [0.1, 0.15) is 0 Å². The van der Waals surface area contributed by atoms with Crippen molar-refractivity contribution in [3.63, 3.8) is 0 Å². The van der Waals surface area contributed by atoms with E-state index in [4.69, 9.17) is 0 Å². The van der Waals surface area contributed by atoms with Gasteiger partial charge in [-0.3, -0.25) is 0 Å². The van der Waals surface area contributed by atoms with Crippen molar-refractivity contribution >= 4 is 10.0 Å². The van der Waals surface area contributed by atoms with Crippen molar-refractivity contribution in [2.24, 2.45) is 0 Å². The second-order valence-electron chi connectivity index (χ2n) is 3.78. The fourth-order valence-corrected chi connectivity index (χ4v) is 2.44. The average Bonchev–Trinajstić information content (AvgIpc) is 2.28. The maximum Gasteiger partial charge on any atom is 0.389 e. The molecule has 3 nitrogen and oxygen atoms in total. The van der Waals surface area contributed by atoms with Gasteiger partial charge < -0.3 is 0 Å². The number of rotatable bonds is 6. The molecule has 0 aromatic heterocycles. The van der Waals surface area contributed by atoms with E-state index in [9.17, 15) is 21.6 Å². The molecule has 1 aromatic rings. The van der Waals surface area contributed by atoms with Crippen molar-refractivity contribution in [2.75, 3.05) is 6.54 Å². The molecule has 0 aliphatic rings. The molecule has 0 fully saturated rings. The molecule has 0 bridgehead atoms. The molecule has 0 unspecified atom stereocenters. The molecule has 0 atom stereocenters. The van der Waals surface area contributed by atoms with Gasteiger partial charge in [-0.25, -0.2) is 13.1 Å². The highest BCUT2D eigenvalue weighted by Crippen LogP contribution is 2.21. The Balaban J connectivity index is 2.36. The number of hydrogen-bond donors (Lipinski definition) is 1. The van der Waals surface area contributed by atoms with E-state index in [1.165, 1.54) is 12.1 Å². The fraction of sp³-hybridized carbons (Fsp3) is 0.455. The van der Waals surface area contributed by atoms with Crippen LogP contribution in [0.4, 0.5) is 13.2 Å². The summed E-state index contributed by atoms with van der Waals surface area (Å²) in [5.74, 6) is 0. The van der Waals surface area contributed by atoms with Crippen molar-refractivity contribution in [3.05, 3.63) is 30.3 Å². The molecule has 0 saturated heterocycles. The van der Waals surface area contributed by atoms with Gasteiger partial charge in [0.15, 0.2) is 0 Å². The monoisotopic (exact) mass is 281 g/mol. The van der Waals surface area contributed by atoms with E-state index in [0.717, 1.165) is 0 Å². The molecule has 0 aliphatic carbocycles. The van der Waals surface area contributed by atoms with E-state index in [2.05, 4.69) is 4.72 Å². The molecule has 102 valence electrons. The molecular formula is C11H14F3NO2S. The van der Waals surface area contributed by atoms with E-state index in [0.29, 0.717) is 0 Å². The van der Waals surface area contributed by atoms with Gasteiger partial charge in [0.2, 0.25) is 10.0 Å². The second kappa shape index (κ2) is 6.19. The number of sulfonamides is 1. The predicted octanol–water partition coefficient (Wildman–Crippen LogP) is 2.70. The molecule has 1 aromatic carbocycles. The van der Waals surface area contributed by atoms with Gasteiger partial charge in [-0.1, -0.05) is 18.2 Å². The Kier molecular flexibility index (Phi) is 5.15. The quantitative estimate of drug-likeness (QED) is 0.815. The zero-order valence-electron chi connectivity index (χ0n) is 9.57. The summed E-state index contributed by atoms with van der Waals surface area (Å²) in [6.45, 7) is 0.00725. The van der Waals surface area contributed by atoms with Crippen LogP contribution in [0, 0.1) is 0 Å². The van der Waals surface area contributed by atoms with Crippen molar-refractivity contribution < 1.29 is 21.6 Å². The summed E-state index contributed by atoms with van der Waals surface area (Å²) in [6, 6.07) is 7.70. The third kappa shape index (κ3) is 5.50. The van der Waals surface area contributed by atoms with Gasteiger partial charge in [-0.05, 0) is 25.0 Å². The zero-order chi connectivity index (χ0) is 13.6. The molecule has 0 heterocycles. The highest BCUT2D eigenvalue weighted by Gasteiger charge is 2.25. The molecule has 1 N–H and O–H groups in total. The lowest BCUT2D eigenvalue weighted by Crippen LogP contribution is -2.25. The molecule has 7 heteroatoms. The van der Waals surface area contributed by atoms with Crippen molar-refractivity contribution in [1.29, 1.82) is 0 Å². The van der Waals surface area contributed by atoms with Crippen LogP contribution in [0.2, 0.25) is 0 Å². The third-order valence-electron chi connectivity index (χ3n) is 2.23. The molecule has 0 aliphatic heterocycles. The lowest BCUT2D eigenvalue weighted by molar-refractivity contribution is -0.135. The number of nitrogens with one attached hydrogen (secondary N) is 1. The van der Waals surface area contributed by atoms with E-state index in [1.54, 1.807) is 18.2 Å². The van der Waals surface area contributed by atoms with E-state index < -0.39 is 22.6 Å². The minimum Gasteiger partial charge on any atom is -0.211 e. The first-order chi connectivity index (χ1) is 8.31. The minimum atomic E-state index is -4.18. The largest absolute Gasteiger partial charge is 0.389 e. The van der Waals surface area contributed by atoms with Crippen LogP contribution in [0.1, 0.15) is 19.3 Å². The molecule has 0 spiro atoms. The number of halogens is 3. The van der Waals surface area contributed by atoms with Gasteiger partial charge in [0.25, 0.3) is 0 Å². The van der Waals surface area contributed by atoms with Gasteiger partial charge >= 0.3 is 6.18 Å². The molecule has 18 heavy (non-hydrogen) atoms. The molecule has 0 radical (unpaired) electrons. The van der Waals surface area contributed by atoms with Crippen LogP contribution in [0.15, 0.2) is 35.2 Å². The maximum absolute atomic E-state index is 11.8. The van der Waals surface area contributed by atoms with Crippen LogP contribution in [-0.2, 0) is 10.0 Å². The smallest absolute Gasteiger partial charge is 0.211 e. The standard InChI is InChI=1S/C11H14F3NO2S/c12-11(13,14)8-4-5-9-15-18(16,17)10-6-2-1-3-7-10/h1-3,6-7,15H,4-5,8-9H2. The summed E-state index contributed by atoms with van der Waals surface area (Å²) >= 11 is 0. The highest BCUT2D eigenvalue weighted by molar-refractivity contribution is 7.89. The second-order valence-corrected chi connectivity index (χ2v) is 5.55. The molecular weight excluding hydrogens is 267 g/mol. The van der Waals surface area contributed by atoms with E-state index in [1.807, 2.05) is 0 Å². The summed E-state index contributed by atoms with van der Waals surface area (Å²) < 4.78 is 61.1. The van der Waals surface area contributed by atoms with Crippen LogP contribution < -0.4 is 4.72 Å². The van der Waals surface area contributed by atoms with Crippen molar-refractivity contribution in [1.82, 2.24) is 4.72 Å². The normalized spacial score (nSPS) is 12.6. The molecule has 0 amide bonds. The predicted molar refractivity (Wildman–Crippen MR) is 61.5 cm³/mol. The van der Waals surface area contributed by atoms with Crippen LogP contribution in [0.5, 0.6) is 0 Å². The van der Waals surface area contributed by atoms with Crippen LogP contribution in [0.25, 0.3) is 0 Å². The van der Waals surface area contributed by atoms with Gasteiger partial charge in [0, 0.05) is 13.0 Å². The van der Waals surface area contributed by atoms with Crippen molar-refractivity contribution in [2.45, 2.75) is 30.3 Å². The Labute approximate surface area is 104 Å². The lowest BCUT2D eigenvalue weighted by Gasteiger charge is -2.07. The van der Waals surface area contributed by atoms with Gasteiger partial charge in [-0.2, -0.15) is 13.2 Å². The molecule has 1 rings (SSSR count). The summed E-state index contributed by atoms with van der Waals surface area (Å²) in [7, 11) is -3.61. The number of benzene rings is 1. The maximum atomic E-state index is 11.8. The number of hydrogen-bond acceptors (Lipinski definition) is 2. The lowest BCUT2D eigenvalue weighted by atomic mass is 10.2. The first-order valence-corrected chi connectivity index (χ1v) is 6.91. The molecule has 0 saturated carbocycles. The number of alkyl halides is 3. The Morgan fingerprint density at radius 1 is 1.06 bits per heavy atom. The Morgan fingerprint density at radius 2 is 1.67 bits per heavy atom. The summed E-state index contributed by atoms with van der Waals surface area (Å²) in [5, 5.41) is 0. The highest BCUT2D eigenvalue weighted by atomic mass is 32.2. The zero-order valence-corrected chi connectivity index (χ0v) is 10.4. The average molecular weight is 281 g/mol. The number of unbranched alkanes of at least 4 members (excludes halogenated alkanes) is 1. The summed E-state index contributed by atoms with van der Waals surface area (Å²) in [5.41, 5.74) is 0. The SMILES string of the molecule is O=S(=O)(NCCCCC(F)(F)F)c1ccccc1. The summed E-state index contributed by atoms with van der Waals surface area (Å²) in [6.07, 6.45) is -5.00. The Hall–Kier alpha value is -1.08. The van der Waals surface area contributed by atoms with Crippen LogP contribution >= 0.6 is 0 Å². The fourth-order valence-electron chi connectivity index (χ4n) is 1.34.